The van der Waals surface area contributed by atoms with Crippen molar-refractivity contribution in [3.63, 3.8) is 0 Å². The largest absolute Gasteiger partial charge is 0.534 e. The number of hydrogen-bond donors (Lipinski definition) is 1. The fourth-order valence-electron chi connectivity index (χ4n) is 5.68. The molecule has 8 heterocycles. The number of pyridine rings is 3. The molecule has 0 amide bonds. The molecule has 0 spiro atoms. The molecule has 5 aromatic heterocycles. The second kappa shape index (κ2) is 9.55. The fourth-order valence-corrected chi connectivity index (χ4v) is 6.12. The van der Waals surface area contributed by atoms with Gasteiger partial charge < -0.3 is 13.8 Å². The molecule has 218 valence electrons. The van der Waals surface area contributed by atoms with E-state index >= 15 is 0 Å². The molecular weight excluding hydrogens is 577 g/mol. The van der Waals surface area contributed by atoms with E-state index in [1.807, 2.05) is 24.4 Å². The highest BCUT2D eigenvalue weighted by Gasteiger charge is 2.49. The molecule has 3 aliphatic heterocycles. The van der Waals surface area contributed by atoms with Crippen LogP contribution in [0.1, 0.15) is 12.0 Å². The van der Waals surface area contributed by atoms with Gasteiger partial charge in [0, 0.05) is 61.3 Å². The number of nitrogens with one attached hydrogen (secondary N) is 1. The van der Waals surface area contributed by atoms with Crippen LogP contribution in [-0.2, 0) is 16.7 Å². The molecule has 12 nitrogen and oxygen atoms in total. The topological polar surface area (TPSA) is 131 Å². The number of piperazine rings is 1. The van der Waals surface area contributed by atoms with Gasteiger partial charge in [-0.05, 0) is 30.2 Å². The lowest BCUT2D eigenvalue weighted by atomic mass is 9.87. The van der Waals surface area contributed by atoms with Crippen LogP contribution < -0.4 is 13.8 Å². The number of halogens is 3. The summed E-state index contributed by atoms with van der Waals surface area (Å²) in [5.74, 6) is 0.807. The fraction of sp³-hybridized carbons (Fsp3) is 0.308. The number of H-pyrrole nitrogens is 1. The average Bonchev–Trinajstić information content (AvgIpc) is 3.56. The molecule has 2 bridgehead atoms. The third-order valence-corrected chi connectivity index (χ3v) is 8.67. The summed E-state index contributed by atoms with van der Waals surface area (Å²) in [5.41, 5.74) is -2.66. The molecule has 0 saturated carbocycles. The first-order valence-corrected chi connectivity index (χ1v) is 14.3. The summed E-state index contributed by atoms with van der Waals surface area (Å²) in [4.78, 5) is 13.6. The summed E-state index contributed by atoms with van der Waals surface area (Å²) in [6.45, 7) is 2.40. The quantitative estimate of drug-likeness (QED) is 0.219. The van der Waals surface area contributed by atoms with E-state index in [1.165, 1.54) is 16.8 Å². The van der Waals surface area contributed by atoms with Gasteiger partial charge in [0.05, 0.1) is 30.4 Å². The Morgan fingerprint density at radius 3 is 2.55 bits per heavy atom. The average molecular weight is 601 g/mol. The normalized spacial score (nSPS) is 19.3. The van der Waals surface area contributed by atoms with Crippen molar-refractivity contribution < 1.29 is 30.5 Å². The lowest BCUT2D eigenvalue weighted by Gasteiger charge is -2.56. The van der Waals surface area contributed by atoms with E-state index in [2.05, 4.69) is 39.2 Å². The molecular formula is C26H23F3N8O4S. The van der Waals surface area contributed by atoms with E-state index < -0.39 is 21.4 Å². The summed E-state index contributed by atoms with van der Waals surface area (Å²) >= 11 is 0. The highest BCUT2D eigenvalue weighted by atomic mass is 32.2. The van der Waals surface area contributed by atoms with Crippen LogP contribution in [0.4, 0.5) is 19.0 Å². The van der Waals surface area contributed by atoms with Crippen molar-refractivity contribution in [2.24, 2.45) is 0 Å². The smallest absolute Gasteiger partial charge is 0.481 e. The third-order valence-electron chi connectivity index (χ3n) is 7.69. The Kier molecular flexibility index (Phi) is 6.02. The SMILES string of the molecule is COc1ccc(CN2C3CC2CN(c2ccc(-c4cc(OS(=O)(=O)C(F)(F)F)cn5nc6[nH]ncc6c45)cn2)C3)cn1. The maximum absolute atomic E-state index is 13.0. The Morgan fingerprint density at radius 2 is 1.88 bits per heavy atom. The van der Waals surface area contributed by atoms with Crippen LogP contribution in [0.5, 0.6) is 11.6 Å². The molecule has 8 rings (SSSR count). The van der Waals surface area contributed by atoms with Gasteiger partial charge in [0.25, 0.3) is 0 Å². The molecule has 5 aromatic rings. The van der Waals surface area contributed by atoms with Crippen LogP contribution in [0.2, 0.25) is 0 Å². The highest BCUT2D eigenvalue weighted by Crippen LogP contribution is 2.38. The van der Waals surface area contributed by atoms with Crippen molar-refractivity contribution in [2.75, 3.05) is 25.1 Å². The Morgan fingerprint density at radius 1 is 1.07 bits per heavy atom. The Balaban J connectivity index is 1.14. The van der Waals surface area contributed by atoms with Gasteiger partial charge in [0.2, 0.25) is 5.88 Å². The zero-order chi connectivity index (χ0) is 29.2. The first kappa shape index (κ1) is 26.5. The number of rotatable bonds is 7. The van der Waals surface area contributed by atoms with Crippen LogP contribution in [0.15, 0.2) is 55.1 Å². The van der Waals surface area contributed by atoms with Crippen LogP contribution in [-0.4, -0.2) is 80.9 Å². The Hall–Kier alpha value is -4.44. The molecule has 0 aromatic carbocycles. The number of piperidine rings is 1. The second-order valence-electron chi connectivity index (χ2n) is 10.2. The van der Waals surface area contributed by atoms with Crippen molar-refractivity contribution in [1.29, 1.82) is 0 Å². The predicted molar refractivity (Wildman–Crippen MR) is 144 cm³/mol. The summed E-state index contributed by atoms with van der Waals surface area (Å²) in [6, 6.07) is 9.48. The Labute approximate surface area is 236 Å². The maximum atomic E-state index is 13.0. The van der Waals surface area contributed by atoms with Crippen molar-refractivity contribution >= 4 is 32.5 Å². The number of aromatic amines is 1. The van der Waals surface area contributed by atoms with Crippen LogP contribution >= 0.6 is 0 Å². The summed E-state index contributed by atoms with van der Waals surface area (Å²) in [7, 11) is -4.29. The molecule has 42 heavy (non-hydrogen) atoms. The number of methoxy groups -OCH3 is 1. The summed E-state index contributed by atoms with van der Waals surface area (Å²) in [5, 5.41) is 11.5. The number of fused-ring (bicyclic) bond motifs is 5. The van der Waals surface area contributed by atoms with Gasteiger partial charge in [-0.3, -0.25) is 10.00 Å². The maximum Gasteiger partial charge on any atom is 0.534 e. The molecule has 3 aliphatic rings. The van der Waals surface area contributed by atoms with Gasteiger partial charge in [0.15, 0.2) is 11.4 Å². The van der Waals surface area contributed by atoms with Gasteiger partial charge in [0.1, 0.15) is 5.82 Å². The minimum Gasteiger partial charge on any atom is -0.481 e. The second-order valence-corrected chi connectivity index (χ2v) is 11.8. The minimum atomic E-state index is -5.88. The predicted octanol–water partition coefficient (Wildman–Crippen LogP) is 3.37. The molecule has 16 heteroatoms. The van der Waals surface area contributed by atoms with Gasteiger partial charge >= 0.3 is 15.6 Å². The lowest BCUT2D eigenvalue weighted by Crippen LogP contribution is -2.68. The molecule has 1 N–H and O–H groups in total. The first-order chi connectivity index (χ1) is 20.1. The van der Waals surface area contributed by atoms with E-state index in [4.69, 9.17) is 4.74 Å². The van der Waals surface area contributed by atoms with Crippen LogP contribution in [0, 0.1) is 0 Å². The van der Waals surface area contributed by atoms with Crippen molar-refractivity contribution in [2.45, 2.75) is 30.6 Å². The zero-order valence-corrected chi connectivity index (χ0v) is 22.8. The third kappa shape index (κ3) is 4.46. The van der Waals surface area contributed by atoms with Gasteiger partial charge in [-0.2, -0.15) is 26.7 Å². The highest BCUT2D eigenvalue weighted by molar-refractivity contribution is 7.88. The van der Waals surface area contributed by atoms with E-state index in [0.717, 1.165) is 43.6 Å². The summed E-state index contributed by atoms with van der Waals surface area (Å²) in [6.07, 6.45) is 7.14. The van der Waals surface area contributed by atoms with E-state index in [0.29, 0.717) is 45.6 Å². The molecule has 0 aliphatic carbocycles. The van der Waals surface area contributed by atoms with Crippen LogP contribution in [0.3, 0.4) is 0 Å². The van der Waals surface area contributed by atoms with Gasteiger partial charge in [-0.15, -0.1) is 5.10 Å². The number of aromatic nitrogens is 6. The number of nitrogens with zero attached hydrogens (tertiary/aromatic N) is 7. The van der Waals surface area contributed by atoms with E-state index in [-0.39, 0.29) is 0 Å². The Bertz CT molecular complexity index is 1880. The van der Waals surface area contributed by atoms with E-state index in [9.17, 15) is 21.6 Å². The molecule has 2 unspecified atom stereocenters. The van der Waals surface area contributed by atoms with Crippen molar-refractivity contribution in [1.82, 2.24) is 34.7 Å². The number of anilines is 1. The standard InChI is InChI=1S/C26H23F3N8O4S/c1-40-23-5-2-15(8-31-23)11-36-17-6-18(36)13-35(12-17)22-4-3-16(9-30-22)20-7-19(41-42(38,39)26(27,28)29)14-37-24(20)21-10-32-33-25(21)34-37/h2-5,7-10,14,17-18H,6,11-13H2,1H3,(H,33,34). The van der Waals surface area contributed by atoms with Crippen molar-refractivity contribution in [3.05, 3.63) is 60.7 Å². The van der Waals surface area contributed by atoms with Crippen LogP contribution in [0.25, 0.3) is 27.7 Å². The monoisotopic (exact) mass is 600 g/mol. The van der Waals surface area contributed by atoms with Gasteiger partial charge in [-0.1, -0.05) is 6.07 Å². The zero-order valence-electron chi connectivity index (χ0n) is 22.0. The molecule has 0 radical (unpaired) electrons. The molecule has 3 saturated heterocycles. The number of hydrogen-bond acceptors (Lipinski definition) is 10. The van der Waals surface area contributed by atoms with Gasteiger partial charge in [-0.25, -0.2) is 14.5 Å². The van der Waals surface area contributed by atoms with Crippen molar-refractivity contribution in [3.8, 4) is 22.8 Å². The minimum absolute atomic E-state index is 0.373. The lowest BCUT2D eigenvalue weighted by molar-refractivity contribution is -0.0500. The molecule has 3 fully saturated rings. The molecule has 2 atom stereocenters. The first-order valence-electron chi connectivity index (χ1n) is 12.9. The number of alkyl halides is 3. The van der Waals surface area contributed by atoms with E-state index in [1.54, 1.807) is 19.4 Å². The summed E-state index contributed by atoms with van der Waals surface area (Å²) < 4.78 is 73.3. The number of ether oxygens (including phenoxy) is 1.